The first-order valence-corrected chi connectivity index (χ1v) is 13.7. The first kappa shape index (κ1) is 28.7. The lowest BCUT2D eigenvalue weighted by atomic mass is 9.61. The van der Waals surface area contributed by atoms with Gasteiger partial charge >= 0.3 is 0 Å². The largest absolute Gasteiger partial charge is 0.490 e. The van der Waals surface area contributed by atoms with Crippen molar-refractivity contribution in [3.05, 3.63) is 72.2 Å². The van der Waals surface area contributed by atoms with Gasteiger partial charge in [-0.05, 0) is 82.6 Å². The maximum Gasteiger partial charge on any atom is 0.228 e. The molecule has 0 saturated carbocycles. The maximum atomic E-state index is 12.8. The molecule has 208 valence electrons. The molecule has 1 fully saturated rings. The van der Waals surface area contributed by atoms with Gasteiger partial charge in [0.1, 0.15) is 39.0 Å². The van der Waals surface area contributed by atoms with Crippen LogP contribution in [0, 0.1) is 0 Å². The Bertz CT molecular complexity index is 1540. The Balaban J connectivity index is 1.36. The Hall–Kier alpha value is -3.82. The molecule has 0 spiro atoms. The Morgan fingerprint density at radius 1 is 1.12 bits per heavy atom. The minimum atomic E-state index is -2.21. The smallest absolute Gasteiger partial charge is 0.228 e. The molecule has 11 heteroatoms. The number of nitrogens with zero attached hydrogens (tertiary/aromatic N) is 3. The second-order valence-electron chi connectivity index (χ2n) is 11.4. The van der Waals surface area contributed by atoms with Crippen molar-refractivity contribution in [3.8, 4) is 17.2 Å². The van der Waals surface area contributed by atoms with Crippen molar-refractivity contribution in [2.75, 3.05) is 18.4 Å². The number of anilines is 1. The van der Waals surface area contributed by atoms with Crippen LogP contribution in [-0.2, 0) is 22.2 Å². The van der Waals surface area contributed by atoms with Crippen LogP contribution in [0.4, 0.5) is 5.69 Å². The van der Waals surface area contributed by atoms with E-state index >= 15 is 0 Å². The van der Waals surface area contributed by atoms with Gasteiger partial charge < -0.3 is 25.2 Å². The average Bonchev–Trinajstić information content (AvgIpc) is 3.39. The summed E-state index contributed by atoms with van der Waals surface area (Å²) in [6, 6.07) is 12.4. The third kappa shape index (κ3) is 7.10. The molecule has 3 N–H and O–H groups in total. The minimum absolute atomic E-state index is 0.0274. The van der Waals surface area contributed by atoms with Crippen LogP contribution in [0.5, 0.6) is 17.2 Å². The van der Waals surface area contributed by atoms with Crippen LogP contribution in [0.25, 0.3) is 10.9 Å². The van der Waals surface area contributed by atoms with Crippen LogP contribution < -0.4 is 20.1 Å². The molecular weight excluding hydrogens is 516 g/mol. The zero-order valence-corrected chi connectivity index (χ0v) is 23.6. The number of amides is 1. The average molecular weight is 549 g/mol. The van der Waals surface area contributed by atoms with Crippen LogP contribution in [0.3, 0.4) is 0 Å². The predicted molar refractivity (Wildman–Crippen MR) is 160 cm³/mol. The molecule has 4 aromatic rings. The molecule has 2 aromatic carbocycles. The predicted octanol–water partition coefficient (Wildman–Crippen LogP) is 3.73. The van der Waals surface area contributed by atoms with E-state index < -0.39 is 5.40 Å². The van der Waals surface area contributed by atoms with Crippen LogP contribution in [0.2, 0.25) is 0 Å². The van der Waals surface area contributed by atoms with Crippen molar-refractivity contribution in [2.45, 2.75) is 57.1 Å². The molecule has 0 atom stereocenters. The maximum absolute atomic E-state index is 12.8. The molecule has 41 heavy (non-hydrogen) atoms. The van der Waals surface area contributed by atoms with E-state index in [4.69, 9.17) is 25.2 Å². The van der Waals surface area contributed by atoms with Gasteiger partial charge in [-0.1, -0.05) is 12.1 Å². The number of hydrogen-bond acceptors (Lipinski definition) is 7. The van der Waals surface area contributed by atoms with Crippen molar-refractivity contribution in [2.24, 2.45) is 0 Å². The normalized spacial score (nSPS) is 14.6. The second kappa shape index (κ2) is 11.6. The fourth-order valence-electron chi connectivity index (χ4n) is 4.72. The highest BCUT2D eigenvalue weighted by Crippen LogP contribution is 2.36. The number of rotatable bonds is 8. The van der Waals surface area contributed by atoms with Gasteiger partial charge in [0, 0.05) is 28.7 Å². The number of aliphatic hydroxyl groups is 1. The van der Waals surface area contributed by atoms with Crippen molar-refractivity contribution in [1.29, 1.82) is 0 Å². The highest BCUT2D eigenvalue weighted by molar-refractivity contribution is 6.38. The van der Waals surface area contributed by atoms with E-state index in [0.717, 1.165) is 42.6 Å². The Kier molecular flexibility index (Phi) is 8.11. The van der Waals surface area contributed by atoms with Gasteiger partial charge in [0.2, 0.25) is 5.91 Å². The summed E-state index contributed by atoms with van der Waals surface area (Å²) < 4.78 is 14.2. The van der Waals surface area contributed by atoms with E-state index in [1.165, 1.54) is 0 Å². The third-order valence-electron chi connectivity index (χ3n) is 6.88. The zero-order chi connectivity index (χ0) is 29.2. The molecule has 1 aliphatic rings. The number of carbonyl (C=O) groups excluding carboxylic acids is 1. The fraction of sp³-hybridized carbons (Fsp3) is 0.367. The molecule has 1 saturated heterocycles. The highest BCUT2D eigenvalue weighted by Gasteiger charge is 2.23. The summed E-state index contributed by atoms with van der Waals surface area (Å²) in [6.07, 6.45) is 7.07. The van der Waals surface area contributed by atoms with Crippen molar-refractivity contribution in [3.63, 3.8) is 0 Å². The molecule has 1 amide bonds. The molecule has 1 aliphatic heterocycles. The molecular formula is C30H33B2N5O4. The van der Waals surface area contributed by atoms with Crippen LogP contribution in [-0.4, -0.2) is 60.7 Å². The number of pyridine rings is 1. The van der Waals surface area contributed by atoms with Crippen LogP contribution in [0.1, 0.15) is 44.7 Å². The molecule has 3 heterocycles. The summed E-state index contributed by atoms with van der Waals surface area (Å²) in [5.74, 6) is 1.23. The zero-order valence-electron chi connectivity index (χ0n) is 23.6. The highest BCUT2D eigenvalue weighted by atomic mass is 16.5. The number of carbonyl (C=O) groups is 1. The number of benzene rings is 2. The van der Waals surface area contributed by atoms with E-state index in [1.54, 1.807) is 47.5 Å². The minimum Gasteiger partial charge on any atom is -0.490 e. The first-order valence-electron chi connectivity index (χ1n) is 13.7. The second-order valence-corrected chi connectivity index (χ2v) is 11.4. The molecule has 0 unspecified atom stereocenters. The quantitative estimate of drug-likeness (QED) is 0.288. The Labute approximate surface area is 242 Å². The van der Waals surface area contributed by atoms with Gasteiger partial charge in [0.25, 0.3) is 0 Å². The number of fused-ring (bicyclic) bond motifs is 1. The summed E-state index contributed by atoms with van der Waals surface area (Å²) in [6.45, 7) is 7.92. The van der Waals surface area contributed by atoms with Crippen molar-refractivity contribution in [1.82, 2.24) is 20.1 Å². The van der Waals surface area contributed by atoms with Gasteiger partial charge in [-0.25, -0.2) is 0 Å². The van der Waals surface area contributed by atoms with E-state index in [1.807, 2.05) is 39.0 Å². The molecule has 0 aliphatic carbocycles. The monoisotopic (exact) mass is 549 g/mol. The van der Waals surface area contributed by atoms with E-state index in [0.29, 0.717) is 17.0 Å². The van der Waals surface area contributed by atoms with Crippen LogP contribution >= 0.6 is 0 Å². The summed E-state index contributed by atoms with van der Waals surface area (Å²) in [7, 11) is 11.8. The molecule has 9 nitrogen and oxygen atoms in total. The van der Waals surface area contributed by atoms with Gasteiger partial charge in [-0.2, -0.15) is 5.10 Å². The number of piperidine rings is 1. The summed E-state index contributed by atoms with van der Waals surface area (Å²) in [4.78, 5) is 17.2. The summed E-state index contributed by atoms with van der Waals surface area (Å²) in [5.41, 5.74) is 1.84. The fourth-order valence-corrected chi connectivity index (χ4v) is 4.72. The van der Waals surface area contributed by atoms with Crippen molar-refractivity contribution >= 4 is 38.2 Å². The standard InChI is InChI=1S/C30H33B2N5O4/c1-29(2,3)37-18-20(17-35-37)36-28(38)15-19-4-7-27(24(14-19)30(31,32)39)41-26-10-13-34-25-6-5-22(16-23(25)26)40-21-8-11-33-12-9-21/h4-7,10,13-14,16-18,21,33,39H,8-9,11-12,15H2,1-3H3,(H,36,38). The number of ether oxygens (including phenoxy) is 2. The Morgan fingerprint density at radius 2 is 1.90 bits per heavy atom. The van der Waals surface area contributed by atoms with E-state index in [-0.39, 0.29) is 35.3 Å². The van der Waals surface area contributed by atoms with Crippen LogP contribution in [0.15, 0.2) is 61.1 Å². The lowest BCUT2D eigenvalue weighted by molar-refractivity contribution is -0.115. The SMILES string of the molecule is [B]C([B])(O)c1cc(CC(=O)Nc2cnn(C(C)(C)C)c2)ccc1Oc1ccnc2ccc(OC3CCNCC3)cc12. The first-order chi connectivity index (χ1) is 19.5. The lowest BCUT2D eigenvalue weighted by Crippen LogP contribution is -2.34. The topological polar surface area (TPSA) is 111 Å². The summed E-state index contributed by atoms with van der Waals surface area (Å²) in [5, 5.41) is 19.6. The molecule has 4 radical (unpaired) electrons. The van der Waals surface area contributed by atoms with E-state index in [9.17, 15) is 9.90 Å². The third-order valence-corrected chi connectivity index (χ3v) is 6.88. The number of hydrogen-bond donors (Lipinski definition) is 3. The van der Waals surface area contributed by atoms with Gasteiger partial charge in [0.05, 0.1) is 29.4 Å². The summed E-state index contributed by atoms with van der Waals surface area (Å²) >= 11 is 0. The van der Waals surface area contributed by atoms with E-state index in [2.05, 4.69) is 20.7 Å². The molecule has 5 rings (SSSR count). The number of nitrogens with one attached hydrogen (secondary N) is 2. The number of aromatic nitrogens is 3. The van der Waals surface area contributed by atoms with Crippen molar-refractivity contribution < 1.29 is 19.4 Å². The molecule has 0 bridgehead atoms. The van der Waals surface area contributed by atoms with Gasteiger partial charge in [0.15, 0.2) is 0 Å². The van der Waals surface area contributed by atoms with Gasteiger partial charge in [-0.15, -0.1) is 0 Å². The lowest BCUT2D eigenvalue weighted by Gasteiger charge is -2.25. The molecule has 2 aromatic heterocycles. The van der Waals surface area contributed by atoms with Gasteiger partial charge in [-0.3, -0.25) is 14.5 Å². The Morgan fingerprint density at radius 3 is 2.61 bits per heavy atom.